The lowest BCUT2D eigenvalue weighted by Gasteiger charge is -2.29. The van der Waals surface area contributed by atoms with Gasteiger partial charge in [0.05, 0.1) is 12.0 Å². The molecule has 0 spiro atoms. The molecule has 1 fully saturated rings. The van der Waals surface area contributed by atoms with Crippen LogP contribution in [0.4, 0.5) is 9.59 Å². The van der Waals surface area contributed by atoms with E-state index in [0.29, 0.717) is 6.42 Å². The van der Waals surface area contributed by atoms with E-state index in [1.807, 2.05) is 30.3 Å². The number of nitrogens with zero attached hydrogens (tertiary/aromatic N) is 1. The number of likely N-dealkylation sites (tertiary alicyclic amines) is 1. The van der Waals surface area contributed by atoms with Crippen molar-refractivity contribution in [1.29, 1.82) is 0 Å². The van der Waals surface area contributed by atoms with E-state index in [1.165, 1.54) is 4.90 Å². The molecular weight excluding hydrogens is 364 g/mol. The summed E-state index contributed by atoms with van der Waals surface area (Å²) in [5.74, 6) is -1.07. The van der Waals surface area contributed by atoms with Gasteiger partial charge in [-0.3, -0.25) is 4.79 Å². The first-order chi connectivity index (χ1) is 13.0. The van der Waals surface area contributed by atoms with Crippen molar-refractivity contribution in [3.8, 4) is 0 Å². The second kappa shape index (κ2) is 8.50. The molecule has 8 nitrogen and oxygen atoms in total. The van der Waals surface area contributed by atoms with Crippen molar-refractivity contribution < 1.29 is 29.0 Å². The predicted octanol–water partition coefficient (Wildman–Crippen LogP) is 3.16. The van der Waals surface area contributed by atoms with Crippen molar-refractivity contribution in [2.75, 3.05) is 6.54 Å². The van der Waals surface area contributed by atoms with E-state index in [0.717, 1.165) is 5.56 Å². The lowest BCUT2D eigenvalue weighted by molar-refractivity contribution is -0.138. The van der Waals surface area contributed by atoms with Crippen LogP contribution in [0.2, 0.25) is 0 Å². The van der Waals surface area contributed by atoms with E-state index in [1.54, 1.807) is 27.7 Å². The van der Waals surface area contributed by atoms with Gasteiger partial charge in [0.2, 0.25) is 0 Å². The maximum Gasteiger partial charge on any atom is 0.410 e. The molecule has 154 valence electrons. The minimum absolute atomic E-state index is 0.0375. The number of rotatable bonds is 5. The lowest BCUT2D eigenvalue weighted by atomic mass is 9.92. The maximum atomic E-state index is 12.5. The average Bonchev–Trinajstić information content (AvgIpc) is 2.87. The molecule has 1 aliphatic heterocycles. The van der Waals surface area contributed by atoms with Crippen LogP contribution < -0.4 is 5.32 Å². The molecule has 1 aromatic rings. The second-order valence-corrected chi connectivity index (χ2v) is 8.20. The smallest absolute Gasteiger partial charge is 0.410 e. The van der Waals surface area contributed by atoms with Crippen LogP contribution in [-0.2, 0) is 20.9 Å². The number of carbonyl (C=O) groups excluding carboxylic acids is 2. The Morgan fingerprint density at radius 3 is 2.46 bits per heavy atom. The van der Waals surface area contributed by atoms with Gasteiger partial charge in [-0.25, -0.2) is 9.59 Å². The second-order valence-electron chi connectivity index (χ2n) is 8.20. The van der Waals surface area contributed by atoms with Crippen LogP contribution in [0.15, 0.2) is 30.3 Å². The Morgan fingerprint density at radius 2 is 1.89 bits per heavy atom. The Kier molecular flexibility index (Phi) is 6.53. The van der Waals surface area contributed by atoms with Crippen molar-refractivity contribution in [3.63, 3.8) is 0 Å². The highest BCUT2D eigenvalue weighted by molar-refractivity contribution is 5.75. The number of hydrogen-bond acceptors (Lipinski definition) is 5. The number of amides is 2. The van der Waals surface area contributed by atoms with E-state index in [2.05, 4.69) is 5.32 Å². The number of alkyl carbamates (subject to hydrolysis) is 1. The van der Waals surface area contributed by atoms with Crippen LogP contribution in [0.25, 0.3) is 0 Å². The van der Waals surface area contributed by atoms with E-state index in [4.69, 9.17) is 9.47 Å². The van der Waals surface area contributed by atoms with Gasteiger partial charge in [-0.15, -0.1) is 0 Å². The van der Waals surface area contributed by atoms with E-state index in [9.17, 15) is 19.5 Å². The van der Waals surface area contributed by atoms with Crippen molar-refractivity contribution in [1.82, 2.24) is 10.2 Å². The molecule has 2 amide bonds. The fraction of sp³-hybridized carbons (Fsp3) is 0.550. The van der Waals surface area contributed by atoms with Crippen molar-refractivity contribution >= 4 is 18.2 Å². The van der Waals surface area contributed by atoms with Crippen LogP contribution >= 0.6 is 0 Å². The Labute approximate surface area is 164 Å². The molecule has 2 N–H and O–H groups in total. The first-order valence-corrected chi connectivity index (χ1v) is 9.20. The Morgan fingerprint density at radius 1 is 1.25 bits per heavy atom. The van der Waals surface area contributed by atoms with Crippen LogP contribution in [0.5, 0.6) is 0 Å². The fourth-order valence-corrected chi connectivity index (χ4v) is 3.32. The van der Waals surface area contributed by atoms with Gasteiger partial charge in [-0.05, 0) is 39.7 Å². The third-order valence-corrected chi connectivity index (χ3v) is 4.39. The summed E-state index contributed by atoms with van der Waals surface area (Å²) < 4.78 is 10.6. The molecule has 0 saturated carbocycles. The zero-order valence-corrected chi connectivity index (χ0v) is 16.7. The molecule has 0 aromatic heterocycles. The molecule has 1 heterocycles. The van der Waals surface area contributed by atoms with Gasteiger partial charge in [0.15, 0.2) is 0 Å². The van der Waals surface area contributed by atoms with Gasteiger partial charge in [0.25, 0.3) is 0 Å². The quantitative estimate of drug-likeness (QED) is 0.797. The number of carboxylic acids is 1. The Balaban J connectivity index is 2.06. The molecule has 2 rings (SSSR count). The van der Waals surface area contributed by atoms with Crippen LogP contribution in [0.3, 0.4) is 0 Å². The third kappa shape index (κ3) is 6.14. The van der Waals surface area contributed by atoms with Crippen LogP contribution in [-0.4, -0.2) is 51.9 Å². The molecule has 1 aromatic carbocycles. The Hall–Kier alpha value is -2.77. The molecule has 1 saturated heterocycles. The molecule has 1 aliphatic rings. The topological polar surface area (TPSA) is 105 Å². The van der Waals surface area contributed by atoms with Gasteiger partial charge >= 0.3 is 18.2 Å². The van der Waals surface area contributed by atoms with Crippen molar-refractivity contribution in [2.24, 2.45) is 0 Å². The van der Waals surface area contributed by atoms with E-state index >= 15 is 0 Å². The highest BCUT2D eigenvalue weighted by atomic mass is 16.6. The first kappa shape index (κ1) is 21.5. The van der Waals surface area contributed by atoms with E-state index < -0.39 is 29.3 Å². The fourth-order valence-electron chi connectivity index (χ4n) is 3.32. The van der Waals surface area contributed by atoms with Crippen molar-refractivity contribution in [3.05, 3.63) is 35.9 Å². The summed E-state index contributed by atoms with van der Waals surface area (Å²) in [7, 11) is 0. The van der Waals surface area contributed by atoms with Crippen molar-refractivity contribution in [2.45, 2.75) is 64.3 Å². The summed E-state index contributed by atoms with van der Waals surface area (Å²) in [6.45, 7) is 7.18. The van der Waals surface area contributed by atoms with Gasteiger partial charge in [-0.1, -0.05) is 30.3 Å². The monoisotopic (exact) mass is 392 g/mol. The molecule has 28 heavy (non-hydrogen) atoms. The molecular formula is C20H28N2O6. The highest BCUT2D eigenvalue weighted by Gasteiger charge is 2.48. The number of ether oxygens (including phenoxy) is 2. The van der Waals surface area contributed by atoms with Gasteiger partial charge in [-0.2, -0.15) is 0 Å². The Bertz CT molecular complexity index is 715. The highest BCUT2D eigenvalue weighted by Crippen LogP contribution is 2.31. The molecule has 2 unspecified atom stereocenters. The van der Waals surface area contributed by atoms with Gasteiger partial charge in [0, 0.05) is 12.6 Å². The van der Waals surface area contributed by atoms with E-state index in [-0.39, 0.29) is 25.6 Å². The summed E-state index contributed by atoms with van der Waals surface area (Å²) >= 11 is 0. The maximum absolute atomic E-state index is 12.5. The third-order valence-electron chi connectivity index (χ3n) is 4.39. The number of carboxylic acid groups (broad SMARTS) is 1. The SMILES string of the molecule is CC1CC(CC(=O)O)(NC(=O)OCc2ccccc2)CN1C(=O)OC(C)(C)C. The number of nitrogens with one attached hydrogen (secondary N) is 1. The molecule has 0 bridgehead atoms. The number of benzene rings is 1. The number of aliphatic carboxylic acids is 1. The molecule has 8 heteroatoms. The molecule has 2 atom stereocenters. The zero-order chi connectivity index (χ0) is 20.9. The normalized spacial score (nSPS) is 21.9. The average molecular weight is 392 g/mol. The standard InChI is InChI=1S/C20H28N2O6/c1-14-10-20(11-16(23)24,13-22(14)18(26)28-19(2,3)4)21-17(25)27-12-15-8-6-5-7-9-15/h5-9,14H,10-13H2,1-4H3,(H,21,25)(H,23,24). The minimum atomic E-state index is -1.12. The summed E-state index contributed by atoms with van der Waals surface area (Å²) in [6, 6.07) is 8.88. The summed E-state index contributed by atoms with van der Waals surface area (Å²) in [5.41, 5.74) is -0.965. The van der Waals surface area contributed by atoms with Crippen LogP contribution in [0.1, 0.15) is 46.1 Å². The number of hydrogen-bond donors (Lipinski definition) is 2. The molecule has 0 aliphatic carbocycles. The zero-order valence-electron chi connectivity index (χ0n) is 16.7. The van der Waals surface area contributed by atoms with Gasteiger partial charge in [0.1, 0.15) is 12.2 Å². The van der Waals surface area contributed by atoms with Crippen LogP contribution in [0, 0.1) is 0 Å². The minimum Gasteiger partial charge on any atom is -0.481 e. The number of carbonyl (C=O) groups is 3. The van der Waals surface area contributed by atoms with Gasteiger partial charge < -0.3 is 24.8 Å². The molecule has 0 radical (unpaired) electrons. The summed E-state index contributed by atoms with van der Waals surface area (Å²) in [4.78, 5) is 37.6. The summed E-state index contributed by atoms with van der Waals surface area (Å²) in [5, 5.41) is 12.0. The summed E-state index contributed by atoms with van der Waals surface area (Å²) in [6.07, 6.45) is -1.29. The predicted molar refractivity (Wildman–Crippen MR) is 102 cm³/mol. The lowest BCUT2D eigenvalue weighted by Crippen LogP contribution is -2.52. The first-order valence-electron chi connectivity index (χ1n) is 9.20. The largest absolute Gasteiger partial charge is 0.481 e.